The lowest BCUT2D eigenvalue weighted by atomic mass is 10.2. The number of rotatable bonds is 43. The van der Waals surface area contributed by atoms with E-state index in [-0.39, 0.29) is 74.0 Å². The average molecular weight is 924 g/mol. The zero-order chi connectivity index (χ0) is 47.6. The van der Waals surface area contributed by atoms with Crippen LogP contribution in [0.4, 0.5) is 0 Å². The van der Waals surface area contributed by atoms with Crippen molar-refractivity contribution >= 4 is 35.4 Å². The van der Waals surface area contributed by atoms with Gasteiger partial charge >= 0.3 is 0 Å². The number of nitrogens with zero attached hydrogens (tertiary/aromatic N) is 3. The molecule has 0 aliphatic carbocycles. The molecule has 372 valence electrons. The van der Waals surface area contributed by atoms with Crippen molar-refractivity contribution in [2.75, 3.05) is 157 Å². The van der Waals surface area contributed by atoms with Gasteiger partial charge in [0.25, 0.3) is 0 Å². The van der Waals surface area contributed by atoms with Crippen molar-refractivity contribution in [2.45, 2.75) is 45.1 Å². The monoisotopic (exact) mass is 924 g/mol. The summed E-state index contributed by atoms with van der Waals surface area (Å²) in [5, 5.41) is 16.9. The summed E-state index contributed by atoms with van der Waals surface area (Å²) in [6, 6.07) is 9.90. The van der Waals surface area contributed by atoms with E-state index in [2.05, 4.69) is 31.9 Å². The maximum Gasteiger partial charge on any atom is 0.221 e. The number of nitrogens with one attached hydrogen (secondary N) is 6. The first-order chi connectivity index (χ1) is 31.6. The molecule has 0 saturated carbocycles. The molecule has 0 fully saturated rings. The molecule has 65 heavy (non-hydrogen) atoms. The van der Waals surface area contributed by atoms with E-state index >= 15 is 0 Å². The molecule has 0 aliphatic rings. The van der Waals surface area contributed by atoms with E-state index in [0.717, 1.165) is 5.56 Å². The average Bonchev–Trinajstić information content (AvgIpc) is 3.31. The standard InChI is InChI=1S/C43H81N13O9/c44-12-16-48-38(57)6-22-54(23-7-39(58)49-17-13-45)28-20-52-42(61)10-26-56(30-31-63-32-33-64-34-35-65-36-37-4-2-1-3-5-37)27-11-43(62)53-21-29-55(24-8-40(59)50-18-14-46)25-9-41(60)51-19-15-47/h1-5H,6-36,44-47H2,(H,48,57)(H,49,58)(H,50,59)(H,51,60)(H,52,61)(H,53,62). The van der Waals surface area contributed by atoms with Gasteiger partial charge in [0.05, 0.1) is 39.6 Å². The number of ether oxygens (including phenoxy) is 3. The quantitative estimate of drug-likeness (QED) is 0.0279. The van der Waals surface area contributed by atoms with E-state index in [4.69, 9.17) is 37.1 Å². The molecule has 0 bridgehead atoms. The largest absolute Gasteiger partial charge is 0.378 e. The van der Waals surface area contributed by atoms with Crippen molar-refractivity contribution in [3.05, 3.63) is 35.9 Å². The van der Waals surface area contributed by atoms with Gasteiger partial charge in [-0.2, -0.15) is 0 Å². The molecule has 6 amide bonds. The van der Waals surface area contributed by atoms with Crippen LogP contribution in [0.5, 0.6) is 0 Å². The fraction of sp³-hybridized carbons (Fsp3) is 0.721. The van der Waals surface area contributed by atoms with Crippen LogP contribution in [0.25, 0.3) is 0 Å². The highest BCUT2D eigenvalue weighted by Gasteiger charge is 2.15. The van der Waals surface area contributed by atoms with Gasteiger partial charge in [0, 0.05) is 163 Å². The summed E-state index contributed by atoms with van der Waals surface area (Å²) in [5.41, 5.74) is 23.1. The van der Waals surface area contributed by atoms with E-state index < -0.39 is 0 Å². The summed E-state index contributed by atoms with van der Waals surface area (Å²) in [4.78, 5) is 80.8. The lowest BCUT2D eigenvalue weighted by Crippen LogP contribution is -2.41. The molecule has 1 aromatic rings. The fourth-order valence-electron chi connectivity index (χ4n) is 6.05. The minimum absolute atomic E-state index is 0.145. The summed E-state index contributed by atoms with van der Waals surface area (Å²) in [6.07, 6.45) is 1.23. The topological polar surface area (TPSA) is 316 Å². The highest BCUT2D eigenvalue weighted by atomic mass is 16.5. The van der Waals surface area contributed by atoms with Crippen LogP contribution in [0.2, 0.25) is 0 Å². The van der Waals surface area contributed by atoms with Gasteiger partial charge in [-0.15, -0.1) is 0 Å². The zero-order valence-electron chi connectivity index (χ0n) is 38.6. The van der Waals surface area contributed by atoms with Crippen LogP contribution in [0.3, 0.4) is 0 Å². The third kappa shape index (κ3) is 35.6. The lowest BCUT2D eigenvalue weighted by molar-refractivity contribution is -0.123. The van der Waals surface area contributed by atoms with Gasteiger partial charge in [-0.1, -0.05) is 30.3 Å². The second-order valence-corrected chi connectivity index (χ2v) is 15.0. The van der Waals surface area contributed by atoms with Gasteiger partial charge in [0.15, 0.2) is 0 Å². The van der Waals surface area contributed by atoms with Crippen molar-refractivity contribution in [3.63, 3.8) is 0 Å². The van der Waals surface area contributed by atoms with Crippen molar-refractivity contribution in [1.29, 1.82) is 0 Å². The smallest absolute Gasteiger partial charge is 0.221 e. The third-order valence-electron chi connectivity index (χ3n) is 9.70. The molecular weight excluding hydrogens is 843 g/mol. The first kappa shape index (κ1) is 58.7. The normalized spacial score (nSPS) is 11.2. The van der Waals surface area contributed by atoms with Crippen LogP contribution < -0.4 is 54.8 Å². The molecule has 14 N–H and O–H groups in total. The van der Waals surface area contributed by atoms with E-state index in [9.17, 15) is 28.8 Å². The Hall–Kier alpha value is -4.36. The van der Waals surface area contributed by atoms with Crippen molar-refractivity contribution in [1.82, 2.24) is 46.6 Å². The summed E-state index contributed by atoms with van der Waals surface area (Å²) >= 11 is 0. The summed E-state index contributed by atoms with van der Waals surface area (Å²) < 4.78 is 17.1. The molecule has 0 unspecified atom stereocenters. The Kier molecular flexibility index (Phi) is 37.1. The summed E-state index contributed by atoms with van der Waals surface area (Å²) in [5.74, 6) is -0.943. The molecule has 1 aromatic carbocycles. The minimum atomic E-state index is -0.182. The number of hydrogen-bond acceptors (Lipinski definition) is 16. The van der Waals surface area contributed by atoms with Crippen LogP contribution in [-0.2, 0) is 49.6 Å². The Morgan fingerprint density at radius 1 is 0.369 bits per heavy atom. The Labute approximate surface area is 385 Å². The molecule has 0 atom stereocenters. The van der Waals surface area contributed by atoms with Crippen LogP contribution in [0, 0.1) is 0 Å². The molecule has 0 aliphatic heterocycles. The molecule has 0 spiro atoms. The molecular formula is C43H81N13O9. The first-order valence-electron chi connectivity index (χ1n) is 22.9. The lowest BCUT2D eigenvalue weighted by Gasteiger charge is -2.24. The zero-order valence-corrected chi connectivity index (χ0v) is 38.6. The molecule has 0 saturated heterocycles. The van der Waals surface area contributed by atoms with Gasteiger partial charge in [0.1, 0.15) is 0 Å². The number of carbonyl (C=O) groups is 6. The Morgan fingerprint density at radius 3 is 1.00 bits per heavy atom. The second kappa shape index (κ2) is 41.1. The molecule has 0 radical (unpaired) electrons. The molecule has 1 rings (SSSR count). The van der Waals surface area contributed by atoms with Crippen molar-refractivity contribution in [3.8, 4) is 0 Å². The van der Waals surface area contributed by atoms with E-state index in [1.807, 2.05) is 45.0 Å². The Bertz CT molecular complexity index is 1300. The summed E-state index contributed by atoms with van der Waals surface area (Å²) in [6.45, 7) is 9.65. The molecule has 22 heteroatoms. The van der Waals surface area contributed by atoms with Gasteiger partial charge in [-0.25, -0.2) is 0 Å². The summed E-state index contributed by atoms with van der Waals surface area (Å²) in [7, 11) is 0. The number of amides is 6. The SMILES string of the molecule is NCCNC(=O)CCN(CCNC(=O)CCN(CCOCCOCCOCc1ccccc1)CCC(=O)NCCN(CCC(=O)NCCN)CCC(=O)NCCN)CCC(=O)NCCN. The molecule has 0 heterocycles. The maximum atomic E-state index is 13.0. The van der Waals surface area contributed by atoms with E-state index in [1.165, 1.54) is 0 Å². The number of nitrogens with two attached hydrogens (primary N) is 4. The number of carbonyl (C=O) groups excluding carboxylic acids is 6. The van der Waals surface area contributed by atoms with Crippen LogP contribution >= 0.6 is 0 Å². The van der Waals surface area contributed by atoms with Gasteiger partial charge in [0.2, 0.25) is 35.4 Å². The van der Waals surface area contributed by atoms with Crippen molar-refractivity contribution in [2.24, 2.45) is 22.9 Å². The van der Waals surface area contributed by atoms with Gasteiger partial charge < -0.3 is 83.7 Å². The van der Waals surface area contributed by atoms with Crippen LogP contribution in [-0.4, -0.2) is 208 Å². The molecule has 22 nitrogen and oxygen atoms in total. The van der Waals surface area contributed by atoms with Crippen LogP contribution in [0.15, 0.2) is 30.3 Å². The van der Waals surface area contributed by atoms with E-state index in [0.29, 0.717) is 164 Å². The predicted molar refractivity (Wildman–Crippen MR) is 249 cm³/mol. The van der Waals surface area contributed by atoms with E-state index in [1.54, 1.807) is 0 Å². The highest BCUT2D eigenvalue weighted by molar-refractivity contribution is 5.78. The molecule has 0 aromatic heterocycles. The second-order valence-electron chi connectivity index (χ2n) is 15.0. The third-order valence-corrected chi connectivity index (χ3v) is 9.70. The highest BCUT2D eigenvalue weighted by Crippen LogP contribution is 2.02. The predicted octanol–water partition coefficient (Wildman–Crippen LogP) is -3.99. The van der Waals surface area contributed by atoms with Gasteiger partial charge in [-0.3, -0.25) is 28.8 Å². The Balaban J connectivity index is 2.70. The van der Waals surface area contributed by atoms with Gasteiger partial charge in [-0.05, 0) is 5.56 Å². The first-order valence-corrected chi connectivity index (χ1v) is 22.9. The Morgan fingerprint density at radius 2 is 0.662 bits per heavy atom. The van der Waals surface area contributed by atoms with Crippen LogP contribution in [0.1, 0.15) is 44.1 Å². The minimum Gasteiger partial charge on any atom is -0.378 e. The maximum absolute atomic E-state index is 13.0. The fourth-order valence-corrected chi connectivity index (χ4v) is 6.05. The number of benzene rings is 1. The van der Waals surface area contributed by atoms with Crippen molar-refractivity contribution < 1.29 is 43.0 Å². The number of hydrogen-bond donors (Lipinski definition) is 10.